The van der Waals surface area contributed by atoms with Crippen LogP contribution >= 0.6 is 11.3 Å². The Morgan fingerprint density at radius 2 is 2.18 bits per heavy atom. The highest BCUT2D eigenvalue weighted by molar-refractivity contribution is 7.11. The first-order valence-electron chi connectivity index (χ1n) is 9.82. The Morgan fingerprint density at radius 1 is 1.36 bits per heavy atom. The molecule has 2 aromatic rings. The maximum Gasteiger partial charge on any atom is 0.191 e. The topological polar surface area (TPSA) is 67.8 Å². The first-order valence-corrected chi connectivity index (χ1v) is 10.6. The second-order valence-electron chi connectivity index (χ2n) is 6.98. The van der Waals surface area contributed by atoms with Crippen molar-refractivity contribution in [2.24, 2.45) is 4.99 Å². The van der Waals surface area contributed by atoms with Gasteiger partial charge in [0.25, 0.3) is 0 Å². The summed E-state index contributed by atoms with van der Waals surface area (Å²) in [7, 11) is 1.79. The molecule has 1 atom stereocenters. The number of aliphatic imine (C=N–C) groups is 1. The van der Waals surface area contributed by atoms with Crippen molar-refractivity contribution in [3.63, 3.8) is 0 Å². The largest absolute Gasteiger partial charge is 0.494 e. The van der Waals surface area contributed by atoms with E-state index in [1.807, 2.05) is 13.8 Å². The molecule has 0 saturated heterocycles. The number of ether oxygens (including phenoxy) is 2. The van der Waals surface area contributed by atoms with E-state index in [2.05, 4.69) is 46.6 Å². The van der Waals surface area contributed by atoms with E-state index in [0.29, 0.717) is 13.2 Å². The van der Waals surface area contributed by atoms with Crippen molar-refractivity contribution in [1.29, 1.82) is 0 Å². The number of hydrogen-bond acceptors (Lipinski definition) is 5. The standard InChI is InChI=1S/C21H30N4O2S/c1-6-26-18-10-16-9-13(2)27-19(16)11-17(18)12-24-21(22-5)23-8-7-20-14(3)25-15(4)28-20/h10-11,13H,6-9,12H2,1-5H3,(H2,22,23,24). The lowest BCUT2D eigenvalue weighted by atomic mass is 10.1. The van der Waals surface area contributed by atoms with Crippen LogP contribution in [0.1, 0.15) is 40.6 Å². The third kappa shape index (κ3) is 4.95. The number of nitrogens with one attached hydrogen (secondary N) is 2. The second kappa shape index (κ2) is 9.28. The fourth-order valence-electron chi connectivity index (χ4n) is 3.41. The number of aryl methyl sites for hydroxylation is 2. The minimum Gasteiger partial charge on any atom is -0.494 e. The van der Waals surface area contributed by atoms with Gasteiger partial charge in [-0.05, 0) is 39.8 Å². The summed E-state index contributed by atoms with van der Waals surface area (Å²) in [6, 6.07) is 4.21. The van der Waals surface area contributed by atoms with Crippen LogP contribution in [-0.4, -0.2) is 37.2 Å². The smallest absolute Gasteiger partial charge is 0.191 e. The van der Waals surface area contributed by atoms with Gasteiger partial charge in [-0.2, -0.15) is 0 Å². The minimum absolute atomic E-state index is 0.223. The summed E-state index contributed by atoms with van der Waals surface area (Å²) in [5, 5.41) is 7.88. The molecule has 0 bridgehead atoms. The quantitative estimate of drug-likeness (QED) is 0.549. The Balaban J connectivity index is 1.58. The molecule has 0 radical (unpaired) electrons. The summed E-state index contributed by atoms with van der Waals surface area (Å²) in [6.07, 6.45) is 2.09. The van der Waals surface area contributed by atoms with E-state index in [9.17, 15) is 0 Å². The Morgan fingerprint density at radius 3 is 2.86 bits per heavy atom. The molecule has 2 N–H and O–H groups in total. The van der Waals surface area contributed by atoms with Crippen LogP contribution in [0.25, 0.3) is 0 Å². The molecule has 6 nitrogen and oxygen atoms in total. The van der Waals surface area contributed by atoms with Crippen LogP contribution in [0, 0.1) is 13.8 Å². The summed E-state index contributed by atoms with van der Waals surface area (Å²) in [4.78, 5) is 10.1. The molecule has 1 aromatic heterocycles. The molecule has 2 heterocycles. The molecule has 7 heteroatoms. The molecule has 1 aromatic carbocycles. The van der Waals surface area contributed by atoms with Gasteiger partial charge >= 0.3 is 0 Å². The molecule has 0 amide bonds. The lowest BCUT2D eigenvalue weighted by molar-refractivity contribution is 0.254. The number of rotatable bonds is 7. The molecule has 152 valence electrons. The third-order valence-corrected chi connectivity index (χ3v) is 5.83. The fourth-order valence-corrected chi connectivity index (χ4v) is 4.35. The highest BCUT2D eigenvalue weighted by Gasteiger charge is 2.21. The average Bonchev–Trinajstić information content (AvgIpc) is 3.17. The molecule has 0 saturated carbocycles. The second-order valence-corrected chi connectivity index (χ2v) is 8.27. The SMILES string of the molecule is CCOc1cc2c(cc1CNC(=NC)NCCc1sc(C)nc1C)OC(C)C2. The maximum absolute atomic E-state index is 5.91. The Kier molecular flexibility index (Phi) is 6.78. The van der Waals surface area contributed by atoms with Gasteiger partial charge < -0.3 is 20.1 Å². The Labute approximate surface area is 171 Å². The molecule has 0 spiro atoms. The Hall–Kier alpha value is -2.28. The van der Waals surface area contributed by atoms with E-state index < -0.39 is 0 Å². The van der Waals surface area contributed by atoms with E-state index in [1.54, 1.807) is 18.4 Å². The van der Waals surface area contributed by atoms with E-state index in [-0.39, 0.29) is 6.10 Å². The number of thiazole rings is 1. The monoisotopic (exact) mass is 402 g/mol. The lowest BCUT2D eigenvalue weighted by Gasteiger charge is -2.15. The lowest BCUT2D eigenvalue weighted by Crippen LogP contribution is -2.37. The van der Waals surface area contributed by atoms with Gasteiger partial charge in [0, 0.05) is 49.0 Å². The summed E-state index contributed by atoms with van der Waals surface area (Å²) >= 11 is 1.76. The van der Waals surface area contributed by atoms with Crippen LogP contribution in [0.4, 0.5) is 0 Å². The maximum atomic E-state index is 5.91. The van der Waals surface area contributed by atoms with Crippen LogP contribution in [0.2, 0.25) is 0 Å². The van der Waals surface area contributed by atoms with Crippen molar-refractivity contribution in [2.75, 3.05) is 20.2 Å². The Bertz CT molecular complexity index is 847. The normalized spacial score (nSPS) is 15.9. The number of benzene rings is 1. The molecule has 1 unspecified atom stereocenters. The van der Waals surface area contributed by atoms with Gasteiger partial charge in [0.1, 0.15) is 17.6 Å². The van der Waals surface area contributed by atoms with Gasteiger partial charge in [-0.3, -0.25) is 4.99 Å². The zero-order chi connectivity index (χ0) is 20.1. The first-order chi connectivity index (χ1) is 13.5. The van der Waals surface area contributed by atoms with Crippen LogP contribution in [0.5, 0.6) is 11.5 Å². The van der Waals surface area contributed by atoms with Gasteiger partial charge in [0.05, 0.1) is 17.3 Å². The van der Waals surface area contributed by atoms with Gasteiger partial charge in [-0.1, -0.05) is 0 Å². The highest BCUT2D eigenvalue weighted by Crippen LogP contribution is 2.35. The van der Waals surface area contributed by atoms with Crippen molar-refractivity contribution in [3.05, 3.63) is 38.8 Å². The van der Waals surface area contributed by atoms with Gasteiger partial charge in [0.2, 0.25) is 0 Å². The highest BCUT2D eigenvalue weighted by atomic mass is 32.1. The number of aromatic nitrogens is 1. The number of fused-ring (bicyclic) bond motifs is 1. The van der Waals surface area contributed by atoms with Crippen LogP contribution in [0.3, 0.4) is 0 Å². The predicted octanol–water partition coefficient (Wildman–Crippen LogP) is 3.39. The zero-order valence-corrected chi connectivity index (χ0v) is 18.2. The zero-order valence-electron chi connectivity index (χ0n) is 17.4. The molecular weight excluding hydrogens is 372 g/mol. The van der Waals surface area contributed by atoms with Crippen molar-refractivity contribution in [2.45, 2.75) is 53.2 Å². The third-order valence-electron chi connectivity index (χ3n) is 4.69. The minimum atomic E-state index is 0.223. The number of nitrogens with zero attached hydrogens (tertiary/aromatic N) is 2. The van der Waals surface area contributed by atoms with Crippen LogP contribution < -0.4 is 20.1 Å². The van der Waals surface area contributed by atoms with Gasteiger partial charge in [0.15, 0.2) is 5.96 Å². The fraction of sp³-hybridized carbons (Fsp3) is 0.524. The summed E-state index contributed by atoms with van der Waals surface area (Å²) in [5.41, 5.74) is 3.42. The molecular formula is C21H30N4O2S. The molecule has 0 aliphatic carbocycles. The van der Waals surface area contributed by atoms with E-state index in [1.165, 1.54) is 10.4 Å². The first kappa shape index (κ1) is 20.5. The van der Waals surface area contributed by atoms with Crippen molar-refractivity contribution in [3.8, 4) is 11.5 Å². The molecule has 3 rings (SSSR count). The van der Waals surface area contributed by atoms with Crippen LogP contribution in [-0.2, 0) is 19.4 Å². The van der Waals surface area contributed by atoms with Crippen molar-refractivity contribution >= 4 is 17.3 Å². The van der Waals surface area contributed by atoms with Gasteiger partial charge in [-0.15, -0.1) is 11.3 Å². The van der Waals surface area contributed by atoms with Crippen molar-refractivity contribution in [1.82, 2.24) is 15.6 Å². The van der Waals surface area contributed by atoms with E-state index >= 15 is 0 Å². The summed E-state index contributed by atoms with van der Waals surface area (Å²) in [6.45, 7) is 10.3. The summed E-state index contributed by atoms with van der Waals surface area (Å²) < 4.78 is 11.8. The van der Waals surface area contributed by atoms with Gasteiger partial charge in [-0.25, -0.2) is 4.98 Å². The van der Waals surface area contributed by atoms with E-state index in [4.69, 9.17) is 9.47 Å². The summed E-state index contributed by atoms with van der Waals surface area (Å²) in [5.74, 6) is 2.65. The number of hydrogen-bond donors (Lipinski definition) is 2. The molecule has 0 fully saturated rings. The predicted molar refractivity (Wildman–Crippen MR) is 115 cm³/mol. The average molecular weight is 403 g/mol. The molecule has 28 heavy (non-hydrogen) atoms. The number of guanidine groups is 1. The molecule has 1 aliphatic heterocycles. The van der Waals surface area contributed by atoms with Crippen molar-refractivity contribution < 1.29 is 9.47 Å². The van der Waals surface area contributed by atoms with E-state index in [0.717, 1.165) is 53.1 Å². The molecule has 1 aliphatic rings. The van der Waals surface area contributed by atoms with Crippen LogP contribution in [0.15, 0.2) is 17.1 Å².